The van der Waals surface area contributed by atoms with E-state index < -0.39 is 15.8 Å². The molecule has 0 fully saturated rings. The summed E-state index contributed by atoms with van der Waals surface area (Å²) in [6.07, 6.45) is 0. The Hall–Kier alpha value is -1.83. The van der Waals surface area contributed by atoms with Crippen LogP contribution < -0.4 is 0 Å². The Morgan fingerprint density at radius 1 is 1.22 bits per heavy atom. The van der Waals surface area contributed by atoms with Crippen molar-refractivity contribution >= 4 is 31.6 Å². The molecule has 0 aliphatic rings. The fourth-order valence-electron chi connectivity index (χ4n) is 2.33. The largest absolute Gasteiger partial charge is 0.243 e. The van der Waals surface area contributed by atoms with Gasteiger partial charge in [-0.1, -0.05) is 12.1 Å². The van der Waals surface area contributed by atoms with Crippen LogP contribution in [0, 0.1) is 12.7 Å². The van der Waals surface area contributed by atoms with Gasteiger partial charge < -0.3 is 0 Å². The maximum Gasteiger partial charge on any atom is 0.243 e. The molecule has 0 unspecified atom stereocenters. The number of hydrogen-bond acceptors (Lipinski definition) is 4. The van der Waals surface area contributed by atoms with E-state index in [9.17, 15) is 12.8 Å². The van der Waals surface area contributed by atoms with Gasteiger partial charge in [-0.3, -0.25) is 0 Å². The molecule has 120 valence electrons. The minimum absolute atomic E-state index is 0.113. The van der Waals surface area contributed by atoms with Gasteiger partial charge in [0, 0.05) is 7.05 Å². The highest BCUT2D eigenvalue weighted by molar-refractivity contribution is 7.89. The normalized spacial score (nSPS) is 12.2. The van der Waals surface area contributed by atoms with Crippen molar-refractivity contribution in [2.75, 3.05) is 7.05 Å². The fourth-order valence-corrected chi connectivity index (χ4v) is 4.77. The SMILES string of the molecule is Cc1cc(F)ccc1S(=O)(=O)N(C)Cc1nc2ccccc2s1. The third kappa shape index (κ3) is 3.12. The van der Waals surface area contributed by atoms with E-state index in [4.69, 9.17) is 0 Å². The molecule has 0 saturated carbocycles. The molecule has 0 atom stereocenters. The molecule has 1 heterocycles. The first-order valence-electron chi connectivity index (χ1n) is 6.95. The van der Waals surface area contributed by atoms with Crippen molar-refractivity contribution in [3.8, 4) is 0 Å². The average Bonchev–Trinajstić information content (AvgIpc) is 2.88. The molecular weight excluding hydrogens is 335 g/mol. The van der Waals surface area contributed by atoms with Crippen LogP contribution in [0.1, 0.15) is 10.6 Å². The van der Waals surface area contributed by atoms with Gasteiger partial charge in [0.15, 0.2) is 0 Å². The number of rotatable bonds is 4. The average molecular weight is 350 g/mol. The second-order valence-corrected chi connectivity index (χ2v) is 8.37. The molecule has 2 aromatic carbocycles. The Morgan fingerprint density at radius 2 is 1.96 bits per heavy atom. The molecule has 0 aliphatic carbocycles. The molecule has 1 aromatic heterocycles. The lowest BCUT2D eigenvalue weighted by molar-refractivity contribution is 0.465. The predicted octanol–water partition coefficient (Wildman–Crippen LogP) is 3.56. The lowest BCUT2D eigenvalue weighted by atomic mass is 10.2. The van der Waals surface area contributed by atoms with E-state index in [0.29, 0.717) is 5.56 Å². The highest BCUT2D eigenvalue weighted by Crippen LogP contribution is 2.25. The zero-order valence-electron chi connectivity index (χ0n) is 12.7. The van der Waals surface area contributed by atoms with E-state index in [1.807, 2.05) is 24.3 Å². The van der Waals surface area contributed by atoms with Gasteiger partial charge in [0.1, 0.15) is 10.8 Å². The summed E-state index contributed by atoms with van der Waals surface area (Å²) >= 11 is 1.47. The smallest absolute Gasteiger partial charge is 0.240 e. The van der Waals surface area contributed by atoms with E-state index in [1.165, 1.54) is 34.8 Å². The van der Waals surface area contributed by atoms with Crippen LogP contribution in [0.25, 0.3) is 10.2 Å². The van der Waals surface area contributed by atoms with Crippen LogP contribution in [0.4, 0.5) is 4.39 Å². The van der Waals surface area contributed by atoms with Crippen molar-refractivity contribution in [1.29, 1.82) is 0 Å². The van der Waals surface area contributed by atoms with Gasteiger partial charge in [-0.25, -0.2) is 17.8 Å². The molecule has 4 nitrogen and oxygen atoms in total. The van der Waals surface area contributed by atoms with E-state index in [0.717, 1.165) is 21.3 Å². The summed E-state index contributed by atoms with van der Waals surface area (Å²) in [6.45, 7) is 1.76. The summed E-state index contributed by atoms with van der Waals surface area (Å²) in [5.74, 6) is -0.449. The quantitative estimate of drug-likeness (QED) is 0.723. The van der Waals surface area contributed by atoms with Crippen molar-refractivity contribution < 1.29 is 12.8 Å². The number of thiazole rings is 1. The first-order chi connectivity index (χ1) is 10.9. The Labute approximate surface area is 138 Å². The lowest BCUT2D eigenvalue weighted by Gasteiger charge is -2.17. The van der Waals surface area contributed by atoms with Gasteiger partial charge in [-0.15, -0.1) is 11.3 Å². The number of aromatic nitrogens is 1. The highest BCUT2D eigenvalue weighted by atomic mass is 32.2. The summed E-state index contributed by atoms with van der Waals surface area (Å²) in [4.78, 5) is 4.56. The molecule has 0 saturated heterocycles. The Morgan fingerprint density at radius 3 is 2.65 bits per heavy atom. The van der Waals surface area contributed by atoms with Gasteiger partial charge in [0.2, 0.25) is 10.0 Å². The van der Waals surface area contributed by atoms with Crippen molar-refractivity contribution in [1.82, 2.24) is 9.29 Å². The predicted molar refractivity (Wildman–Crippen MR) is 89.4 cm³/mol. The van der Waals surface area contributed by atoms with Crippen LogP contribution in [0.2, 0.25) is 0 Å². The Bertz CT molecular complexity index is 934. The zero-order valence-corrected chi connectivity index (χ0v) is 14.3. The van der Waals surface area contributed by atoms with Gasteiger partial charge in [0.25, 0.3) is 0 Å². The van der Waals surface area contributed by atoms with Gasteiger partial charge in [-0.2, -0.15) is 4.31 Å². The molecule has 23 heavy (non-hydrogen) atoms. The number of fused-ring (bicyclic) bond motifs is 1. The van der Waals surface area contributed by atoms with Crippen LogP contribution in [0.5, 0.6) is 0 Å². The van der Waals surface area contributed by atoms with E-state index >= 15 is 0 Å². The Balaban J connectivity index is 1.90. The summed E-state index contributed by atoms with van der Waals surface area (Å²) in [7, 11) is -2.18. The van der Waals surface area contributed by atoms with Crippen LogP contribution in [0.3, 0.4) is 0 Å². The highest BCUT2D eigenvalue weighted by Gasteiger charge is 2.24. The second-order valence-electron chi connectivity index (χ2n) is 5.25. The topological polar surface area (TPSA) is 50.3 Å². The van der Waals surface area contributed by atoms with Crippen molar-refractivity contribution in [3.63, 3.8) is 0 Å². The summed E-state index contributed by atoms with van der Waals surface area (Å²) in [6, 6.07) is 11.3. The molecule has 7 heteroatoms. The van der Waals surface area contributed by atoms with E-state index in [2.05, 4.69) is 4.98 Å². The van der Waals surface area contributed by atoms with Crippen molar-refractivity contribution in [2.24, 2.45) is 0 Å². The minimum atomic E-state index is -3.69. The lowest BCUT2D eigenvalue weighted by Crippen LogP contribution is -2.27. The number of sulfonamides is 1. The maximum atomic E-state index is 13.2. The number of halogens is 1. The molecule has 3 rings (SSSR count). The van der Waals surface area contributed by atoms with Gasteiger partial charge >= 0.3 is 0 Å². The van der Waals surface area contributed by atoms with Crippen LogP contribution in [0.15, 0.2) is 47.4 Å². The van der Waals surface area contributed by atoms with Crippen LogP contribution >= 0.6 is 11.3 Å². The fraction of sp³-hybridized carbons (Fsp3) is 0.188. The van der Waals surface area contributed by atoms with Gasteiger partial charge in [0.05, 0.1) is 21.7 Å². The molecule has 0 bridgehead atoms. The summed E-state index contributed by atoms with van der Waals surface area (Å²) in [5.41, 5.74) is 1.25. The third-order valence-electron chi connectivity index (χ3n) is 3.52. The first-order valence-corrected chi connectivity index (χ1v) is 9.20. The molecule has 0 spiro atoms. The van der Waals surface area contributed by atoms with Gasteiger partial charge in [-0.05, 0) is 42.8 Å². The monoisotopic (exact) mass is 350 g/mol. The standard InChI is InChI=1S/C16H15FN2O2S2/c1-11-9-12(17)7-8-15(11)23(20,21)19(2)10-16-18-13-5-3-4-6-14(13)22-16/h3-9H,10H2,1-2H3. The van der Waals surface area contributed by atoms with Crippen molar-refractivity contribution in [2.45, 2.75) is 18.4 Å². The number of hydrogen-bond donors (Lipinski definition) is 0. The third-order valence-corrected chi connectivity index (χ3v) is 6.51. The number of aryl methyl sites for hydroxylation is 1. The van der Waals surface area contributed by atoms with E-state index in [-0.39, 0.29) is 11.4 Å². The molecular formula is C16H15FN2O2S2. The zero-order chi connectivity index (χ0) is 16.6. The summed E-state index contributed by atoms with van der Waals surface area (Å²) < 4.78 is 40.8. The minimum Gasteiger partial charge on any atom is -0.240 e. The van der Waals surface area contributed by atoms with Crippen molar-refractivity contribution in [3.05, 3.63) is 58.9 Å². The second kappa shape index (κ2) is 5.99. The van der Waals surface area contributed by atoms with Crippen LogP contribution in [-0.4, -0.2) is 24.8 Å². The maximum absolute atomic E-state index is 13.2. The number of benzene rings is 2. The van der Waals surface area contributed by atoms with Crippen LogP contribution in [-0.2, 0) is 16.6 Å². The molecule has 0 N–H and O–H groups in total. The van der Waals surface area contributed by atoms with E-state index in [1.54, 1.807) is 6.92 Å². The first kappa shape index (κ1) is 16.0. The number of nitrogens with zero attached hydrogens (tertiary/aromatic N) is 2. The summed E-state index contributed by atoms with van der Waals surface area (Å²) in [5, 5.41) is 0.719. The molecule has 0 amide bonds. The number of para-hydroxylation sites is 1. The molecule has 3 aromatic rings. The molecule has 0 aliphatic heterocycles. The molecule has 0 radical (unpaired) electrons. The Kier molecular flexibility index (Phi) is 4.18.